The van der Waals surface area contributed by atoms with Crippen molar-refractivity contribution in [1.29, 1.82) is 5.26 Å². The van der Waals surface area contributed by atoms with Gasteiger partial charge in [0.05, 0.1) is 17.1 Å². The van der Waals surface area contributed by atoms with Crippen molar-refractivity contribution < 1.29 is 0 Å². The number of fused-ring (bicyclic) bond motifs is 6. The third-order valence-corrected chi connectivity index (χ3v) is 11.4. The third-order valence-electron chi connectivity index (χ3n) is 11.4. The van der Waals surface area contributed by atoms with Crippen molar-refractivity contribution in [2.24, 2.45) is 0 Å². The van der Waals surface area contributed by atoms with Gasteiger partial charge in [-0.05, 0) is 103 Å². The van der Waals surface area contributed by atoms with Gasteiger partial charge in [0.25, 0.3) is 0 Å². The van der Waals surface area contributed by atoms with E-state index in [2.05, 4.69) is 115 Å². The second-order valence-corrected chi connectivity index (χ2v) is 15.0. The van der Waals surface area contributed by atoms with E-state index in [9.17, 15) is 5.26 Å². The van der Waals surface area contributed by atoms with E-state index >= 15 is 0 Å². The zero-order valence-corrected chi connectivity index (χ0v) is 32.3. The topological polar surface area (TPSA) is 75.3 Å². The average Bonchev–Trinajstić information content (AvgIpc) is 3.33. The highest BCUT2D eigenvalue weighted by Crippen LogP contribution is 2.42. The first-order valence-electron chi connectivity index (χ1n) is 19.9. The first-order chi connectivity index (χ1) is 29.7. The molecule has 0 bridgehead atoms. The summed E-state index contributed by atoms with van der Waals surface area (Å²) in [6.07, 6.45) is 1.88. The summed E-state index contributed by atoms with van der Waals surface area (Å²) in [6, 6.07) is 69.5. The maximum Gasteiger partial charge on any atom is 0.164 e. The standard InChI is InChI=1S/C55H33N5/c56-34-35-20-21-42-30-41(27-26-40(42)29-35)36-22-24-37(25-23-36)48-32-51-47-19-10-28-57-52(47)49(33-50(51)46-18-8-7-17-45(46)48)43-15-9-16-44(31-43)55-59-53(38-11-3-1-4-12-38)58-54(60-55)39-13-5-2-6-14-39/h1-33H. The molecule has 0 saturated heterocycles. The Morgan fingerprint density at radius 1 is 0.333 bits per heavy atom. The predicted octanol–water partition coefficient (Wildman–Crippen LogP) is 13.8. The third kappa shape index (κ3) is 6.21. The van der Waals surface area contributed by atoms with E-state index in [0.717, 1.165) is 71.6 Å². The molecule has 11 aromatic rings. The molecule has 0 N–H and O–H groups in total. The SMILES string of the molecule is N#Cc1ccc2cc(-c3ccc(-c4cc5c6cccnc6c(-c6cccc(-c7nc(-c8ccccc8)nc(-c8ccccc8)n7)c6)cc5c5ccccc45)cc3)ccc2c1. The highest BCUT2D eigenvalue weighted by molar-refractivity contribution is 6.23. The minimum Gasteiger partial charge on any atom is -0.256 e. The average molecular weight is 764 g/mol. The Kier molecular flexibility index (Phi) is 8.46. The van der Waals surface area contributed by atoms with Crippen LogP contribution in [-0.4, -0.2) is 19.9 Å². The quantitative estimate of drug-likeness (QED) is 0.158. The summed E-state index contributed by atoms with van der Waals surface area (Å²) in [7, 11) is 0. The Morgan fingerprint density at radius 2 is 0.883 bits per heavy atom. The fraction of sp³-hybridized carbons (Fsp3) is 0. The predicted molar refractivity (Wildman–Crippen MR) is 245 cm³/mol. The number of benzene rings is 9. The van der Waals surface area contributed by atoms with Crippen LogP contribution in [0, 0.1) is 11.3 Å². The summed E-state index contributed by atoms with van der Waals surface area (Å²) in [6.45, 7) is 0. The minimum atomic E-state index is 0.610. The largest absolute Gasteiger partial charge is 0.256 e. The van der Waals surface area contributed by atoms with Crippen molar-refractivity contribution >= 4 is 43.2 Å². The van der Waals surface area contributed by atoms with Gasteiger partial charge in [-0.3, -0.25) is 4.98 Å². The highest BCUT2D eigenvalue weighted by Gasteiger charge is 2.17. The molecule has 9 aromatic carbocycles. The lowest BCUT2D eigenvalue weighted by atomic mass is 9.88. The Hall–Kier alpha value is -8.33. The maximum atomic E-state index is 9.34. The van der Waals surface area contributed by atoms with Gasteiger partial charge in [0, 0.05) is 33.8 Å². The van der Waals surface area contributed by atoms with Crippen LogP contribution in [-0.2, 0) is 0 Å². The molecule has 11 rings (SSSR count). The van der Waals surface area contributed by atoms with Gasteiger partial charge >= 0.3 is 0 Å². The minimum absolute atomic E-state index is 0.610. The van der Waals surface area contributed by atoms with Crippen LogP contribution in [0.15, 0.2) is 200 Å². The molecule has 2 aromatic heterocycles. The molecule has 0 saturated carbocycles. The molecular formula is C55H33N5. The lowest BCUT2D eigenvalue weighted by Gasteiger charge is -2.16. The van der Waals surface area contributed by atoms with Gasteiger partial charge in [-0.2, -0.15) is 5.26 Å². The van der Waals surface area contributed by atoms with E-state index in [1.54, 1.807) is 0 Å². The van der Waals surface area contributed by atoms with Gasteiger partial charge in [-0.25, -0.2) is 15.0 Å². The number of aromatic nitrogens is 4. The highest BCUT2D eigenvalue weighted by atomic mass is 15.0. The Bertz CT molecular complexity index is 3420. The van der Waals surface area contributed by atoms with Crippen LogP contribution in [0.2, 0.25) is 0 Å². The Morgan fingerprint density at radius 3 is 1.62 bits per heavy atom. The van der Waals surface area contributed by atoms with Crippen LogP contribution in [0.5, 0.6) is 0 Å². The van der Waals surface area contributed by atoms with Crippen LogP contribution in [0.3, 0.4) is 0 Å². The molecule has 0 fully saturated rings. The molecule has 0 radical (unpaired) electrons. The fourth-order valence-corrected chi connectivity index (χ4v) is 8.39. The summed E-state index contributed by atoms with van der Waals surface area (Å²) in [5, 5.41) is 17.3. The van der Waals surface area contributed by atoms with Gasteiger partial charge in [0.1, 0.15) is 0 Å². The summed E-state index contributed by atoms with van der Waals surface area (Å²) < 4.78 is 0. The maximum absolute atomic E-state index is 9.34. The fourth-order valence-electron chi connectivity index (χ4n) is 8.39. The summed E-state index contributed by atoms with van der Waals surface area (Å²) in [5.74, 6) is 1.87. The van der Waals surface area contributed by atoms with E-state index in [-0.39, 0.29) is 0 Å². The van der Waals surface area contributed by atoms with Gasteiger partial charge in [-0.1, -0.05) is 152 Å². The second-order valence-electron chi connectivity index (χ2n) is 15.0. The number of hydrogen-bond donors (Lipinski definition) is 0. The number of hydrogen-bond acceptors (Lipinski definition) is 5. The first kappa shape index (κ1) is 34.9. The Labute approximate surface area is 346 Å². The van der Waals surface area contributed by atoms with Crippen molar-refractivity contribution in [3.63, 3.8) is 0 Å². The number of nitriles is 1. The van der Waals surface area contributed by atoms with E-state index in [0.29, 0.717) is 23.0 Å². The van der Waals surface area contributed by atoms with E-state index in [1.807, 2.05) is 91.1 Å². The molecule has 2 heterocycles. The lowest BCUT2D eigenvalue weighted by molar-refractivity contribution is 1.07. The van der Waals surface area contributed by atoms with Crippen molar-refractivity contribution in [3.8, 4) is 73.6 Å². The van der Waals surface area contributed by atoms with Gasteiger partial charge in [-0.15, -0.1) is 0 Å². The molecular weight excluding hydrogens is 731 g/mol. The Balaban J connectivity index is 1.03. The molecule has 5 nitrogen and oxygen atoms in total. The molecule has 0 aliphatic heterocycles. The molecule has 60 heavy (non-hydrogen) atoms. The lowest BCUT2D eigenvalue weighted by Crippen LogP contribution is -2.00. The summed E-state index contributed by atoms with van der Waals surface area (Å²) in [4.78, 5) is 20.0. The zero-order chi connectivity index (χ0) is 40.0. The molecule has 0 aliphatic carbocycles. The van der Waals surface area contributed by atoms with Crippen LogP contribution in [0.1, 0.15) is 5.56 Å². The second kappa shape index (κ2) is 14.6. The van der Waals surface area contributed by atoms with Crippen molar-refractivity contribution in [3.05, 3.63) is 206 Å². The van der Waals surface area contributed by atoms with Gasteiger partial charge in [0.2, 0.25) is 0 Å². The van der Waals surface area contributed by atoms with Crippen LogP contribution >= 0.6 is 0 Å². The molecule has 0 aliphatic rings. The monoisotopic (exact) mass is 763 g/mol. The molecule has 0 atom stereocenters. The van der Waals surface area contributed by atoms with Gasteiger partial charge < -0.3 is 0 Å². The van der Waals surface area contributed by atoms with Gasteiger partial charge in [0.15, 0.2) is 17.5 Å². The van der Waals surface area contributed by atoms with Crippen molar-refractivity contribution in [2.45, 2.75) is 0 Å². The van der Waals surface area contributed by atoms with E-state index in [1.165, 1.54) is 21.7 Å². The zero-order valence-electron chi connectivity index (χ0n) is 32.3. The van der Waals surface area contributed by atoms with Crippen molar-refractivity contribution in [2.75, 3.05) is 0 Å². The normalized spacial score (nSPS) is 11.3. The summed E-state index contributed by atoms with van der Waals surface area (Å²) >= 11 is 0. The molecule has 0 spiro atoms. The molecule has 0 unspecified atom stereocenters. The van der Waals surface area contributed by atoms with Crippen molar-refractivity contribution in [1.82, 2.24) is 19.9 Å². The van der Waals surface area contributed by atoms with E-state index in [4.69, 9.17) is 19.9 Å². The van der Waals surface area contributed by atoms with E-state index < -0.39 is 0 Å². The number of pyridine rings is 1. The van der Waals surface area contributed by atoms with Crippen LogP contribution in [0.4, 0.5) is 0 Å². The van der Waals surface area contributed by atoms with Crippen LogP contribution in [0.25, 0.3) is 111 Å². The smallest absolute Gasteiger partial charge is 0.164 e. The molecule has 5 heteroatoms. The number of nitrogens with zero attached hydrogens (tertiary/aromatic N) is 5. The summed E-state index contributed by atoms with van der Waals surface area (Å²) in [5.41, 5.74) is 11.0. The molecule has 0 amide bonds. The first-order valence-corrected chi connectivity index (χ1v) is 19.9. The van der Waals surface area contributed by atoms with Crippen LogP contribution < -0.4 is 0 Å². The molecule has 278 valence electrons. The number of rotatable bonds is 6.